The summed E-state index contributed by atoms with van der Waals surface area (Å²) in [5.74, 6) is 1.43. The van der Waals surface area contributed by atoms with E-state index in [1.165, 1.54) is 5.56 Å². The zero-order valence-electron chi connectivity index (χ0n) is 13.4. The largest absolute Gasteiger partial charge is 0.359 e. The second-order valence-electron chi connectivity index (χ2n) is 5.40. The molecule has 3 rings (SSSR count). The Balaban J connectivity index is 1.64. The van der Waals surface area contributed by atoms with E-state index in [9.17, 15) is 0 Å². The summed E-state index contributed by atoms with van der Waals surface area (Å²) in [5.41, 5.74) is 2.15. The fourth-order valence-electron chi connectivity index (χ4n) is 2.25. The van der Waals surface area contributed by atoms with Crippen LogP contribution in [0.4, 0.5) is 17.5 Å². The lowest BCUT2D eigenvalue weighted by atomic mass is 10.2. The fraction of sp³-hybridized carbons (Fsp3) is 0.167. The quantitative estimate of drug-likeness (QED) is 0.737. The highest BCUT2D eigenvalue weighted by molar-refractivity contribution is 6.30. The van der Waals surface area contributed by atoms with Gasteiger partial charge in [0.25, 0.3) is 0 Å². The molecule has 0 bridgehead atoms. The van der Waals surface area contributed by atoms with Crippen LogP contribution >= 0.6 is 11.6 Å². The van der Waals surface area contributed by atoms with Gasteiger partial charge >= 0.3 is 0 Å². The highest BCUT2D eigenvalue weighted by atomic mass is 35.5. The minimum Gasteiger partial charge on any atom is -0.359 e. The summed E-state index contributed by atoms with van der Waals surface area (Å²) in [6.07, 6.45) is 6.31. The topological polar surface area (TPSA) is 53.9 Å². The summed E-state index contributed by atoms with van der Waals surface area (Å²) in [6, 6.07) is 13.4. The maximum absolute atomic E-state index is 5.90. The van der Waals surface area contributed by atoms with E-state index in [4.69, 9.17) is 11.6 Å². The van der Waals surface area contributed by atoms with Crippen LogP contribution in [0.2, 0.25) is 5.02 Å². The summed E-state index contributed by atoms with van der Waals surface area (Å²) in [4.78, 5) is 15.0. The number of aromatic nitrogens is 3. The molecule has 3 aromatic rings. The van der Waals surface area contributed by atoms with Gasteiger partial charge in [0.2, 0.25) is 5.95 Å². The van der Waals surface area contributed by atoms with Crippen molar-refractivity contribution < 1.29 is 0 Å². The molecule has 0 unspecified atom stereocenters. The van der Waals surface area contributed by atoms with E-state index in [1.54, 1.807) is 6.20 Å². The first-order chi connectivity index (χ1) is 11.7. The highest BCUT2D eigenvalue weighted by Gasteiger charge is 2.05. The SMILES string of the molecule is CN(CCc1ccncc1)c1ccnc(Nc2ccc(Cl)cc2)n1. The molecular weight excluding hydrogens is 322 g/mol. The average molecular weight is 340 g/mol. The van der Waals surface area contributed by atoms with Crippen molar-refractivity contribution in [1.29, 1.82) is 0 Å². The number of halogens is 1. The van der Waals surface area contributed by atoms with Crippen molar-refractivity contribution in [1.82, 2.24) is 15.0 Å². The normalized spacial score (nSPS) is 10.4. The van der Waals surface area contributed by atoms with Gasteiger partial charge in [0.05, 0.1) is 0 Å². The molecule has 0 atom stereocenters. The minimum absolute atomic E-state index is 0.561. The van der Waals surface area contributed by atoms with Crippen LogP contribution in [0, 0.1) is 0 Å². The third kappa shape index (κ3) is 4.43. The summed E-state index contributed by atoms with van der Waals surface area (Å²) in [7, 11) is 2.02. The molecule has 0 radical (unpaired) electrons. The number of anilines is 3. The van der Waals surface area contributed by atoms with Gasteiger partial charge in [-0.2, -0.15) is 4.98 Å². The van der Waals surface area contributed by atoms with Gasteiger partial charge in [-0.1, -0.05) is 11.6 Å². The van der Waals surface area contributed by atoms with E-state index >= 15 is 0 Å². The van der Waals surface area contributed by atoms with E-state index in [2.05, 4.69) is 25.2 Å². The van der Waals surface area contributed by atoms with Gasteiger partial charge in [-0.15, -0.1) is 0 Å². The lowest BCUT2D eigenvalue weighted by molar-refractivity contribution is 0.855. The Morgan fingerprint density at radius 1 is 1.00 bits per heavy atom. The molecule has 2 heterocycles. The Morgan fingerprint density at radius 3 is 2.50 bits per heavy atom. The summed E-state index contributed by atoms with van der Waals surface area (Å²) in [5, 5.41) is 3.88. The van der Waals surface area contributed by atoms with Crippen LogP contribution in [0.15, 0.2) is 61.1 Å². The molecule has 122 valence electrons. The molecule has 1 N–H and O–H groups in total. The predicted octanol–water partition coefficient (Wildman–Crippen LogP) is 3.95. The van der Waals surface area contributed by atoms with Gasteiger partial charge < -0.3 is 10.2 Å². The summed E-state index contributed by atoms with van der Waals surface area (Å²) >= 11 is 5.90. The second kappa shape index (κ2) is 7.75. The number of hydrogen-bond acceptors (Lipinski definition) is 5. The number of hydrogen-bond donors (Lipinski definition) is 1. The van der Waals surface area contributed by atoms with Gasteiger partial charge in [-0.25, -0.2) is 4.98 Å². The Kier molecular flexibility index (Phi) is 5.23. The Morgan fingerprint density at radius 2 is 1.75 bits per heavy atom. The fourth-order valence-corrected chi connectivity index (χ4v) is 2.37. The van der Waals surface area contributed by atoms with Gasteiger partial charge in [-0.05, 0) is 54.4 Å². The lowest BCUT2D eigenvalue weighted by Crippen LogP contribution is -2.21. The zero-order chi connectivity index (χ0) is 16.8. The average Bonchev–Trinajstić information content (AvgIpc) is 2.63. The third-order valence-electron chi connectivity index (χ3n) is 3.62. The van der Waals surface area contributed by atoms with E-state index in [-0.39, 0.29) is 0 Å². The molecule has 0 aliphatic carbocycles. The molecular formula is C18H18ClN5. The number of benzene rings is 1. The molecule has 0 saturated carbocycles. The number of nitrogens with one attached hydrogen (secondary N) is 1. The Hall–Kier alpha value is -2.66. The Bertz CT molecular complexity index is 777. The van der Waals surface area contributed by atoms with Crippen molar-refractivity contribution in [2.45, 2.75) is 6.42 Å². The van der Waals surface area contributed by atoms with Crippen LogP contribution in [-0.4, -0.2) is 28.5 Å². The first kappa shape index (κ1) is 16.2. The Labute approximate surface area is 146 Å². The predicted molar refractivity (Wildman–Crippen MR) is 98.0 cm³/mol. The van der Waals surface area contributed by atoms with Gasteiger partial charge in [0.1, 0.15) is 5.82 Å². The molecule has 0 fully saturated rings. The van der Waals surface area contributed by atoms with Crippen LogP contribution < -0.4 is 10.2 Å². The van der Waals surface area contributed by atoms with Crippen molar-refractivity contribution in [2.75, 3.05) is 23.8 Å². The minimum atomic E-state index is 0.561. The smallest absolute Gasteiger partial charge is 0.229 e. The van der Waals surface area contributed by atoms with Crippen LogP contribution in [0.3, 0.4) is 0 Å². The van der Waals surface area contributed by atoms with Crippen LogP contribution in [0.1, 0.15) is 5.56 Å². The molecule has 0 spiro atoms. The first-order valence-electron chi connectivity index (χ1n) is 7.66. The molecule has 0 aliphatic heterocycles. The molecule has 0 amide bonds. The molecule has 0 aliphatic rings. The van der Waals surface area contributed by atoms with Crippen molar-refractivity contribution in [3.8, 4) is 0 Å². The van der Waals surface area contributed by atoms with Gasteiger partial charge in [-0.3, -0.25) is 4.98 Å². The molecule has 24 heavy (non-hydrogen) atoms. The number of rotatable bonds is 6. The van der Waals surface area contributed by atoms with E-state index < -0.39 is 0 Å². The second-order valence-corrected chi connectivity index (χ2v) is 5.83. The standard InChI is InChI=1S/C18H18ClN5/c1-24(13-9-14-6-10-20-11-7-14)17-8-12-21-18(23-17)22-16-4-2-15(19)3-5-16/h2-8,10-12H,9,13H2,1H3,(H,21,22,23). The molecule has 6 heteroatoms. The lowest BCUT2D eigenvalue weighted by Gasteiger charge is -2.18. The van der Waals surface area contributed by atoms with Gasteiger partial charge in [0, 0.05) is 42.9 Å². The molecule has 1 aromatic carbocycles. The van der Waals surface area contributed by atoms with Gasteiger partial charge in [0.15, 0.2) is 0 Å². The maximum Gasteiger partial charge on any atom is 0.229 e. The van der Waals surface area contributed by atoms with Crippen molar-refractivity contribution in [3.63, 3.8) is 0 Å². The van der Waals surface area contributed by atoms with Crippen molar-refractivity contribution >= 4 is 29.1 Å². The molecule has 0 saturated heterocycles. The van der Waals surface area contributed by atoms with Crippen LogP contribution in [-0.2, 0) is 6.42 Å². The zero-order valence-corrected chi connectivity index (χ0v) is 14.1. The van der Waals surface area contributed by atoms with Crippen molar-refractivity contribution in [3.05, 3.63) is 71.6 Å². The van der Waals surface area contributed by atoms with E-state index in [0.717, 1.165) is 24.5 Å². The number of pyridine rings is 1. The molecule has 5 nitrogen and oxygen atoms in total. The first-order valence-corrected chi connectivity index (χ1v) is 8.04. The van der Waals surface area contributed by atoms with E-state index in [0.29, 0.717) is 11.0 Å². The summed E-state index contributed by atoms with van der Waals surface area (Å²) < 4.78 is 0. The summed E-state index contributed by atoms with van der Waals surface area (Å²) in [6.45, 7) is 0.863. The highest BCUT2D eigenvalue weighted by Crippen LogP contribution is 2.18. The number of nitrogens with zero attached hydrogens (tertiary/aromatic N) is 4. The maximum atomic E-state index is 5.90. The molecule has 2 aromatic heterocycles. The van der Waals surface area contributed by atoms with Crippen LogP contribution in [0.5, 0.6) is 0 Å². The van der Waals surface area contributed by atoms with E-state index in [1.807, 2.05) is 61.9 Å². The van der Waals surface area contributed by atoms with Crippen LogP contribution in [0.25, 0.3) is 0 Å². The monoisotopic (exact) mass is 339 g/mol. The third-order valence-corrected chi connectivity index (χ3v) is 3.87. The number of likely N-dealkylation sites (N-methyl/N-ethyl adjacent to an activating group) is 1. The van der Waals surface area contributed by atoms with Crippen molar-refractivity contribution in [2.24, 2.45) is 0 Å².